The highest BCUT2D eigenvalue weighted by atomic mass is 14.8. The summed E-state index contributed by atoms with van der Waals surface area (Å²) in [7, 11) is 0. The van der Waals surface area contributed by atoms with Crippen molar-refractivity contribution in [1.82, 2.24) is 5.32 Å². The Labute approximate surface area is 47.3 Å². The molecular formula is C6H7N. The molecule has 7 heavy (non-hydrogen) atoms. The fourth-order valence-electron chi connectivity index (χ4n) is 0.300. The topological polar surface area (TPSA) is 12.0 Å². The van der Waals surface area contributed by atoms with Gasteiger partial charge in [-0.1, -0.05) is 12.1 Å². The molecule has 1 nitrogen and oxygen atoms in total. The lowest BCUT2D eigenvalue weighted by atomic mass is 10.5. The zero-order valence-corrected chi connectivity index (χ0v) is 3.73. The van der Waals surface area contributed by atoms with Crippen LogP contribution in [0.25, 0.3) is 0 Å². The van der Waals surface area contributed by atoms with Crippen LogP contribution in [0.2, 0.25) is 0 Å². The predicted molar refractivity (Wildman–Crippen MR) is 30.6 cm³/mol. The van der Waals surface area contributed by atoms with Crippen molar-refractivity contribution in [2.45, 2.75) is 0 Å². The average molecular weight is 96.1 g/mol. The molecule has 0 aromatic rings. The number of hydrogen-bond donors (Lipinski definition) is 1. The van der Waals surface area contributed by atoms with Gasteiger partial charge in [-0.05, 0) is 12.1 Å². The maximum absolute atomic E-state index is 7.16. The molecule has 1 heteroatoms. The van der Waals surface area contributed by atoms with E-state index in [4.69, 9.17) is 4.11 Å². The largest absolute Gasteiger partial charge is 0.368 e. The molecule has 0 fully saturated rings. The van der Waals surface area contributed by atoms with Crippen molar-refractivity contribution < 1.29 is 4.11 Å². The summed E-state index contributed by atoms with van der Waals surface area (Å²) >= 11 is 0. The molecule has 36 valence electrons. The lowest BCUT2D eigenvalue weighted by Gasteiger charge is -1.79. The third-order valence-electron chi connectivity index (χ3n) is 0.566. The average Bonchev–Trinajstić information content (AvgIpc) is 2.04. The monoisotopic (exact) mass is 96.1 g/mol. The highest BCUT2D eigenvalue weighted by molar-refractivity contribution is 5.14. The molecule has 0 radical (unpaired) electrons. The summed E-state index contributed by atoms with van der Waals surface area (Å²) in [5.74, 6) is 0. The first-order valence-corrected chi connectivity index (χ1v) is 1.99. The van der Waals surface area contributed by atoms with Gasteiger partial charge in [0.1, 0.15) is 0 Å². The highest BCUT2D eigenvalue weighted by Gasteiger charge is 1.67. The molecule has 0 atom stereocenters. The minimum absolute atomic E-state index is 0.0324. The molecule has 0 aliphatic carbocycles. The maximum atomic E-state index is 7.16. The maximum Gasteiger partial charge on any atom is 0.0815 e. The van der Waals surface area contributed by atoms with Crippen LogP contribution in [0.15, 0.2) is 36.6 Å². The van der Waals surface area contributed by atoms with E-state index in [0.717, 1.165) is 0 Å². The summed E-state index contributed by atoms with van der Waals surface area (Å²) in [6.07, 6.45) is 4.56. The van der Waals surface area contributed by atoms with Crippen molar-refractivity contribution in [3.05, 3.63) is 36.6 Å². The van der Waals surface area contributed by atoms with Crippen LogP contribution in [0.3, 0.4) is 0 Å². The predicted octanol–water partition coefficient (Wildman–Crippen LogP) is 1.17. The van der Waals surface area contributed by atoms with Crippen LogP contribution < -0.4 is 5.32 Å². The van der Waals surface area contributed by atoms with Crippen molar-refractivity contribution in [2.75, 3.05) is 0 Å². The van der Waals surface area contributed by atoms with E-state index in [9.17, 15) is 0 Å². The van der Waals surface area contributed by atoms with Crippen LogP contribution in [0.4, 0.5) is 0 Å². The molecule has 0 bridgehead atoms. The van der Waals surface area contributed by atoms with Gasteiger partial charge in [-0.3, -0.25) is 0 Å². The Balaban J connectivity index is 3.00. The van der Waals surface area contributed by atoms with Gasteiger partial charge in [-0.2, -0.15) is 0 Å². The van der Waals surface area contributed by atoms with Gasteiger partial charge in [-0.15, -0.1) is 0 Å². The fraction of sp³-hybridized carbons (Fsp3) is 0. The summed E-state index contributed by atoms with van der Waals surface area (Å²) in [6.45, 7) is 0. The minimum Gasteiger partial charge on any atom is -0.368 e. The Morgan fingerprint density at radius 1 is 1.29 bits per heavy atom. The van der Waals surface area contributed by atoms with E-state index < -0.39 is 0 Å². The fourth-order valence-corrected chi connectivity index (χ4v) is 0.300. The second-order valence-electron chi connectivity index (χ2n) is 1.06. The molecule has 0 unspecified atom stereocenters. The first-order valence-electron chi connectivity index (χ1n) is 3.49. The Morgan fingerprint density at radius 3 is 3.29 bits per heavy atom. The van der Waals surface area contributed by atoms with E-state index in [2.05, 4.69) is 5.32 Å². The standard InChI is InChI=1S/C6H7N/c1-2-4-6-7-5-3-1/h1-7H/i1D,3D,5D. The van der Waals surface area contributed by atoms with Gasteiger partial charge in [0, 0.05) is 12.4 Å². The Kier molecular flexibility index (Phi) is 0.596. The van der Waals surface area contributed by atoms with Crippen LogP contribution in [-0.4, -0.2) is 0 Å². The first-order chi connectivity index (χ1) is 4.72. The molecule has 0 aromatic heterocycles. The van der Waals surface area contributed by atoms with Crippen LogP contribution in [-0.2, 0) is 0 Å². The lowest BCUT2D eigenvalue weighted by molar-refractivity contribution is 1.20. The summed E-state index contributed by atoms with van der Waals surface area (Å²) in [5.41, 5.74) is 0. The number of allylic oxidation sites excluding steroid dienone is 4. The molecule has 1 aliphatic heterocycles. The molecule has 0 saturated heterocycles. The van der Waals surface area contributed by atoms with Gasteiger partial charge in [0.05, 0.1) is 4.11 Å². The second kappa shape index (κ2) is 2.24. The Bertz CT molecular complexity index is 222. The van der Waals surface area contributed by atoms with Gasteiger partial charge in [-0.25, -0.2) is 0 Å². The van der Waals surface area contributed by atoms with E-state index in [1.807, 2.05) is 0 Å². The van der Waals surface area contributed by atoms with Crippen LogP contribution in [0.1, 0.15) is 4.11 Å². The zero-order chi connectivity index (χ0) is 7.56. The van der Waals surface area contributed by atoms with Crippen molar-refractivity contribution in [2.24, 2.45) is 0 Å². The van der Waals surface area contributed by atoms with E-state index in [1.165, 1.54) is 12.3 Å². The van der Waals surface area contributed by atoms with E-state index in [1.54, 1.807) is 6.08 Å². The van der Waals surface area contributed by atoms with Crippen LogP contribution >= 0.6 is 0 Å². The van der Waals surface area contributed by atoms with Gasteiger partial charge >= 0.3 is 0 Å². The van der Waals surface area contributed by atoms with Gasteiger partial charge < -0.3 is 5.32 Å². The van der Waals surface area contributed by atoms with Crippen LogP contribution in [0, 0.1) is 0 Å². The number of hydrogen-bond acceptors (Lipinski definition) is 1. The van der Waals surface area contributed by atoms with E-state index in [-0.39, 0.29) is 18.3 Å². The molecule has 1 aliphatic rings. The van der Waals surface area contributed by atoms with Gasteiger partial charge in [0.15, 0.2) is 0 Å². The molecular weight excluding hydrogens is 86.1 g/mol. The van der Waals surface area contributed by atoms with Crippen molar-refractivity contribution in [3.63, 3.8) is 0 Å². The molecule has 0 aromatic carbocycles. The van der Waals surface area contributed by atoms with Crippen molar-refractivity contribution >= 4 is 0 Å². The van der Waals surface area contributed by atoms with Gasteiger partial charge in [0.25, 0.3) is 0 Å². The first kappa shape index (κ1) is 1.86. The zero-order valence-electron chi connectivity index (χ0n) is 6.73. The molecule has 1 heterocycles. The molecule has 0 amide bonds. The molecule has 0 spiro atoms. The summed E-state index contributed by atoms with van der Waals surface area (Å²) in [6, 6.07) is -0.0174. The lowest BCUT2D eigenvalue weighted by Crippen LogP contribution is -1.87. The van der Waals surface area contributed by atoms with Crippen molar-refractivity contribution in [3.8, 4) is 0 Å². The SMILES string of the molecule is [2H]C1=CC=CNC([2H])=C1[2H]. The Morgan fingerprint density at radius 2 is 2.29 bits per heavy atom. The third kappa shape index (κ3) is 1.26. The molecule has 1 N–H and O–H groups in total. The highest BCUT2D eigenvalue weighted by Crippen LogP contribution is 1.81. The number of nitrogens with one attached hydrogen (secondary N) is 1. The van der Waals surface area contributed by atoms with Crippen molar-refractivity contribution in [1.29, 1.82) is 0 Å². The summed E-state index contributed by atoms with van der Waals surface area (Å²) in [5, 5.41) is 2.53. The quantitative estimate of drug-likeness (QED) is 0.477. The Hall–Kier alpha value is -0.980. The normalized spacial score (nSPS) is 26.3. The van der Waals surface area contributed by atoms with Crippen LogP contribution in [0.5, 0.6) is 0 Å². The summed E-state index contributed by atoms with van der Waals surface area (Å²) < 4.78 is 21.4. The number of rotatable bonds is 0. The van der Waals surface area contributed by atoms with E-state index in [0.29, 0.717) is 0 Å². The smallest absolute Gasteiger partial charge is 0.0815 e. The molecule has 0 saturated carbocycles. The third-order valence-corrected chi connectivity index (χ3v) is 0.566. The minimum atomic E-state index is -0.0787. The molecule has 1 rings (SSSR count). The van der Waals surface area contributed by atoms with Gasteiger partial charge in [0.2, 0.25) is 0 Å². The summed E-state index contributed by atoms with van der Waals surface area (Å²) in [4.78, 5) is 0. The van der Waals surface area contributed by atoms with E-state index >= 15 is 0 Å². The second-order valence-corrected chi connectivity index (χ2v) is 1.06.